The summed E-state index contributed by atoms with van der Waals surface area (Å²) in [5.74, 6) is 0. The lowest BCUT2D eigenvalue weighted by molar-refractivity contribution is -0.701. The van der Waals surface area contributed by atoms with Crippen molar-refractivity contribution in [2.75, 3.05) is 0 Å². The van der Waals surface area contributed by atoms with Crippen molar-refractivity contribution in [3.63, 3.8) is 0 Å². The van der Waals surface area contributed by atoms with E-state index in [-0.39, 0.29) is 0 Å². The minimum Gasteiger partial charge on any atom is -0.340 e. The molecule has 2 heteroatoms. The van der Waals surface area contributed by atoms with Crippen LogP contribution < -0.4 is 5.32 Å². The van der Waals surface area contributed by atoms with E-state index in [1.165, 1.54) is 12.0 Å². The largest absolute Gasteiger partial charge is 0.340 e. The van der Waals surface area contributed by atoms with Crippen LogP contribution in [0.2, 0.25) is 0 Å². The SMILES string of the molecule is CC[C@H](C)[NH2+]Cc1ccc(Br)cc1. The fourth-order valence-electron chi connectivity index (χ4n) is 1.12. The van der Waals surface area contributed by atoms with Crippen molar-refractivity contribution >= 4 is 15.9 Å². The van der Waals surface area contributed by atoms with Crippen molar-refractivity contribution in [3.05, 3.63) is 34.3 Å². The summed E-state index contributed by atoms with van der Waals surface area (Å²) in [5, 5.41) is 2.38. The Morgan fingerprint density at radius 3 is 2.46 bits per heavy atom. The van der Waals surface area contributed by atoms with Crippen LogP contribution in [0.5, 0.6) is 0 Å². The molecule has 13 heavy (non-hydrogen) atoms. The molecule has 0 radical (unpaired) electrons. The smallest absolute Gasteiger partial charge is 0.101 e. The van der Waals surface area contributed by atoms with E-state index in [1.807, 2.05) is 0 Å². The summed E-state index contributed by atoms with van der Waals surface area (Å²) in [6.45, 7) is 5.57. The molecular formula is C11H17BrN+. The lowest BCUT2D eigenvalue weighted by Gasteiger charge is -2.07. The van der Waals surface area contributed by atoms with Gasteiger partial charge >= 0.3 is 0 Å². The van der Waals surface area contributed by atoms with E-state index in [2.05, 4.69) is 59.4 Å². The Morgan fingerprint density at radius 2 is 1.92 bits per heavy atom. The summed E-state index contributed by atoms with van der Waals surface area (Å²) >= 11 is 3.43. The Labute approximate surface area is 88.7 Å². The molecule has 0 aliphatic rings. The molecule has 1 atom stereocenters. The summed E-state index contributed by atoms with van der Waals surface area (Å²) in [7, 11) is 0. The first-order valence-electron chi connectivity index (χ1n) is 4.80. The average Bonchev–Trinajstić information content (AvgIpc) is 2.16. The number of benzene rings is 1. The minimum absolute atomic E-state index is 0.726. The minimum atomic E-state index is 0.726. The fraction of sp³-hybridized carbons (Fsp3) is 0.455. The molecule has 72 valence electrons. The van der Waals surface area contributed by atoms with Gasteiger partial charge in [0.25, 0.3) is 0 Å². The van der Waals surface area contributed by atoms with Gasteiger partial charge in [0, 0.05) is 10.0 Å². The number of hydrogen-bond acceptors (Lipinski definition) is 0. The molecule has 0 spiro atoms. The molecule has 1 rings (SSSR count). The van der Waals surface area contributed by atoms with Gasteiger partial charge < -0.3 is 5.32 Å². The van der Waals surface area contributed by atoms with Crippen LogP contribution in [0.4, 0.5) is 0 Å². The van der Waals surface area contributed by atoms with Gasteiger partial charge in [0.2, 0.25) is 0 Å². The van der Waals surface area contributed by atoms with Gasteiger partial charge in [-0.05, 0) is 25.5 Å². The first kappa shape index (κ1) is 10.7. The van der Waals surface area contributed by atoms with Gasteiger partial charge in [-0.3, -0.25) is 0 Å². The third-order valence-electron chi connectivity index (χ3n) is 2.31. The van der Waals surface area contributed by atoms with Crippen LogP contribution in [-0.2, 0) is 6.54 Å². The molecule has 1 nitrogen and oxygen atoms in total. The maximum Gasteiger partial charge on any atom is 0.101 e. The van der Waals surface area contributed by atoms with E-state index >= 15 is 0 Å². The van der Waals surface area contributed by atoms with E-state index in [4.69, 9.17) is 0 Å². The van der Waals surface area contributed by atoms with Gasteiger partial charge in [-0.2, -0.15) is 0 Å². The van der Waals surface area contributed by atoms with Crippen LogP contribution in [0.15, 0.2) is 28.7 Å². The van der Waals surface area contributed by atoms with Crippen molar-refractivity contribution in [2.24, 2.45) is 0 Å². The van der Waals surface area contributed by atoms with E-state index in [1.54, 1.807) is 0 Å². The Morgan fingerprint density at radius 1 is 1.31 bits per heavy atom. The van der Waals surface area contributed by atoms with Gasteiger partial charge in [0.1, 0.15) is 6.54 Å². The molecule has 0 aliphatic carbocycles. The van der Waals surface area contributed by atoms with Crippen molar-refractivity contribution in [1.29, 1.82) is 0 Å². The molecule has 0 fully saturated rings. The first-order chi connectivity index (χ1) is 6.22. The Bertz CT molecular complexity index is 243. The number of rotatable bonds is 4. The van der Waals surface area contributed by atoms with Crippen molar-refractivity contribution in [2.45, 2.75) is 32.9 Å². The molecule has 0 amide bonds. The highest BCUT2D eigenvalue weighted by Gasteiger charge is 2.01. The summed E-state index contributed by atoms with van der Waals surface area (Å²) in [6, 6.07) is 9.26. The van der Waals surface area contributed by atoms with Crippen LogP contribution in [0.1, 0.15) is 25.8 Å². The second-order valence-corrected chi connectivity index (χ2v) is 4.37. The quantitative estimate of drug-likeness (QED) is 0.835. The predicted octanol–water partition coefficient (Wildman–Crippen LogP) is 2.31. The summed E-state index contributed by atoms with van der Waals surface area (Å²) in [4.78, 5) is 0. The van der Waals surface area contributed by atoms with Gasteiger partial charge in [0.05, 0.1) is 6.04 Å². The second kappa shape index (κ2) is 5.40. The van der Waals surface area contributed by atoms with E-state index in [0.717, 1.165) is 17.1 Å². The van der Waals surface area contributed by atoms with Crippen molar-refractivity contribution < 1.29 is 5.32 Å². The maximum atomic E-state index is 3.43. The molecule has 0 unspecified atom stereocenters. The normalized spacial score (nSPS) is 12.8. The molecule has 2 N–H and O–H groups in total. The van der Waals surface area contributed by atoms with E-state index in [9.17, 15) is 0 Å². The Balaban J connectivity index is 2.41. The number of quaternary nitrogens is 1. The van der Waals surface area contributed by atoms with Crippen molar-refractivity contribution in [3.8, 4) is 0 Å². The monoisotopic (exact) mass is 242 g/mol. The Hall–Kier alpha value is -0.340. The topological polar surface area (TPSA) is 16.6 Å². The molecule has 1 aromatic rings. The highest BCUT2D eigenvalue weighted by Crippen LogP contribution is 2.09. The molecule has 1 aromatic carbocycles. The third-order valence-corrected chi connectivity index (χ3v) is 2.84. The summed E-state index contributed by atoms with van der Waals surface area (Å²) in [5.41, 5.74) is 1.39. The number of hydrogen-bond donors (Lipinski definition) is 1. The zero-order valence-corrected chi connectivity index (χ0v) is 9.84. The fourth-order valence-corrected chi connectivity index (χ4v) is 1.39. The van der Waals surface area contributed by atoms with E-state index in [0.29, 0.717) is 0 Å². The molecule has 0 aliphatic heterocycles. The standard InChI is InChI=1S/C11H16BrN/c1-3-9(2)13-8-10-4-6-11(12)7-5-10/h4-7,9,13H,3,8H2,1-2H3/p+1/t9-/m0/s1. The van der Waals surface area contributed by atoms with Crippen LogP contribution in [0.25, 0.3) is 0 Å². The van der Waals surface area contributed by atoms with Crippen LogP contribution in [-0.4, -0.2) is 6.04 Å². The predicted molar refractivity (Wildman–Crippen MR) is 59.5 cm³/mol. The van der Waals surface area contributed by atoms with Gasteiger partial charge in [0.15, 0.2) is 0 Å². The molecule has 0 heterocycles. The average molecular weight is 243 g/mol. The van der Waals surface area contributed by atoms with Crippen LogP contribution in [0.3, 0.4) is 0 Å². The van der Waals surface area contributed by atoms with Gasteiger partial charge in [-0.25, -0.2) is 0 Å². The lowest BCUT2D eigenvalue weighted by Crippen LogP contribution is -2.87. The highest BCUT2D eigenvalue weighted by atomic mass is 79.9. The van der Waals surface area contributed by atoms with Gasteiger partial charge in [-0.1, -0.05) is 35.0 Å². The number of nitrogens with two attached hydrogens (primary N) is 1. The highest BCUT2D eigenvalue weighted by molar-refractivity contribution is 9.10. The zero-order valence-electron chi connectivity index (χ0n) is 8.26. The molecule has 0 aromatic heterocycles. The van der Waals surface area contributed by atoms with Crippen LogP contribution in [0, 0.1) is 0 Å². The number of halogens is 1. The lowest BCUT2D eigenvalue weighted by atomic mass is 10.2. The molecule has 0 saturated heterocycles. The second-order valence-electron chi connectivity index (χ2n) is 3.45. The summed E-state index contributed by atoms with van der Waals surface area (Å²) in [6.07, 6.45) is 1.23. The van der Waals surface area contributed by atoms with Gasteiger partial charge in [-0.15, -0.1) is 0 Å². The third kappa shape index (κ3) is 3.92. The van der Waals surface area contributed by atoms with E-state index < -0.39 is 0 Å². The summed E-state index contributed by atoms with van der Waals surface area (Å²) < 4.78 is 1.15. The molecule has 0 saturated carbocycles. The van der Waals surface area contributed by atoms with Crippen molar-refractivity contribution in [1.82, 2.24) is 0 Å². The van der Waals surface area contributed by atoms with Crippen LogP contribution >= 0.6 is 15.9 Å². The zero-order chi connectivity index (χ0) is 9.68. The molecular weight excluding hydrogens is 226 g/mol. The Kier molecular flexibility index (Phi) is 4.46. The molecule has 0 bridgehead atoms. The first-order valence-corrected chi connectivity index (χ1v) is 5.59. The maximum absolute atomic E-state index is 3.43.